The molecule has 1 aliphatic carbocycles. The molecule has 1 aliphatic rings. The summed E-state index contributed by atoms with van der Waals surface area (Å²) in [6.07, 6.45) is 9.55. The van der Waals surface area contributed by atoms with Crippen LogP contribution in [-0.4, -0.2) is 36.1 Å². The second-order valence-electron chi connectivity index (χ2n) is 5.97. The largest absolute Gasteiger partial charge is 0.477 e. The smallest absolute Gasteiger partial charge is 0.344 e. The first kappa shape index (κ1) is 18.2. The van der Waals surface area contributed by atoms with E-state index in [0.717, 1.165) is 25.7 Å². The summed E-state index contributed by atoms with van der Waals surface area (Å²) in [4.78, 5) is 28.1. The van der Waals surface area contributed by atoms with Crippen molar-refractivity contribution in [2.24, 2.45) is 0 Å². The molecule has 0 aliphatic heterocycles. The van der Waals surface area contributed by atoms with Crippen molar-refractivity contribution >= 4 is 11.9 Å². The summed E-state index contributed by atoms with van der Waals surface area (Å²) in [5, 5.41) is 2.97. The lowest BCUT2D eigenvalue weighted by atomic mass is 9.97. The highest BCUT2D eigenvalue weighted by molar-refractivity contribution is 5.93. The zero-order valence-corrected chi connectivity index (χ0v) is 14.3. The Morgan fingerprint density at radius 2 is 1.92 bits per heavy atom. The molecule has 1 fully saturated rings. The molecule has 132 valence electrons. The van der Waals surface area contributed by atoms with Crippen molar-refractivity contribution < 1.29 is 19.1 Å². The number of nitrogens with one attached hydrogen (secondary N) is 1. The number of aromatic nitrogens is 1. The third kappa shape index (κ3) is 5.83. The van der Waals surface area contributed by atoms with E-state index < -0.39 is 5.97 Å². The first-order valence-corrected chi connectivity index (χ1v) is 8.75. The molecular weight excluding hydrogens is 308 g/mol. The third-order valence-corrected chi connectivity index (χ3v) is 4.08. The van der Waals surface area contributed by atoms with Crippen molar-refractivity contribution in [1.82, 2.24) is 10.3 Å². The zero-order chi connectivity index (χ0) is 17.2. The van der Waals surface area contributed by atoms with E-state index in [-0.39, 0.29) is 30.0 Å². The monoisotopic (exact) mass is 334 g/mol. The summed E-state index contributed by atoms with van der Waals surface area (Å²) < 4.78 is 10.4. The predicted molar refractivity (Wildman–Crippen MR) is 89.9 cm³/mol. The Morgan fingerprint density at radius 3 is 2.62 bits per heavy atom. The first-order chi connectivity index (χ1) is 11.7. The number of carbonyl (C=O) groups is 2. The molecule has 1 saturated carbocycles. The van der Waals surface area contributed by atoms with Gasteiger partial charge in [-0.15, -0.1) is 0 Å². The maximum Gasteiger partial charge on any atom is 0.344 e. The van der Waals surface area contributed by atoms with Crippen molar-refractivity contribution in [1.29, 1.82) is 0 Å². The van der Waals surface area contributed by atoms with Crippen molar-refractivity contribution in [2.75, 3.05) is 13.2 Å². The Balaban J connectivity index is 1.81. The fourth-order valence-corrected chi connectivity index (χ4v) is 2.88. The molecule has 1 aromatic rings. The molecule has 1 heterocycles. The number of carbonyl (C=O) groups excluding carboxylic acids is 2. The van der Waals surface area contributed by atoms with E-state index in [1.165, 1.54) is 19.3 Å². The highest BCUT2D eigenvalue weighted by Crippen LogP contribution is 2.17. The lowest BCUT2D eigenvalue weighted by molar-refractivity contribution is -0.125. The number of pyridine rings is 1. The maximum atomic E-state index is 12.1. The summed E-state index contributed by atoms with van der Waals surface area (Å²) in [5.74, 6) is -0.624. The highest BCUT2D eigenvalue weighted by Gasteiger charge is 2.18. The molecule has 6 nitrogen and oxygen atoms in total. The number of hydrogen-bond acceptors (Lipinski definition) is 5. The Labute approximate surface area is 142 Å². The average Bonchev–Trinajstić information content (AvgIpc) is 2.56. The quantitative estimate of drug-likeness (QED) is 0.810. The van der Waals surface area contributed by atoms with Gasteiger partial charge in [-0.2, -0.15) is 0 Å². The van der Waals surface area contributed by atoms with Crippen LogP contribution in [0.5, 0.6) is 5.88 Å². The second kappa shape index (κ2) is 9.90. The van der Waals surface area contributed by atoms with Gasteiger partial charge < -0.3 is 14.8 Å². The topological polar surface area (TPSA) is 77.5 Å². The van der Waals surface area contributed by atoms with E-state index >= 15 is 0 Å². The number of esters is 1. The van der Waals surface area contributed by atoms with E-state index in [2.05, 4.69) is 10.3 Å². The summed E-state index contributed by atoms with van der Waals surface area (Å²) in [6, 6.07) is 3.40. The Morgan fingerprint density at radius 1 is 1.21 bits per heavy atom. The normalized spacial score (nSPS) is 15.9. The molecular formula is C18H26N2O4. The molecule has 24 heavy (non-hydrogen) atoms. The zero-order valence-electron chi connectivity index (χ0n) is 14.3. The summed E-state index contributed by atoms with van der Waals surface area (Å²) in [5.41, 5.74) is 0.234. The minimum Gasteiger partial charge on any atom is -0.477 e. The van der Waals surface area contributed by atoms with E-state index in [1.807, 2.05) is 6.92 Å². The van der Waals surface area contributed by atoms with Crippen LogP contribution < -0.4 is 10.1 Å². The van der Waals surface area contributed by atoms with E-state index in [0.29, 0.717) is 6.61 Å². The van der Waals surface area contributed by atoms with Gasteiger partial charge in [0.25, 0.3) is 5.91 Å². The number of hydrogen-bond donors (Lipinski definition) is 1. The molecule has 2 rings (SSSR count). The van der Waals surface area contributed by atoms with Crippen LogP contribution in [0.4, 0.5) is 0 Å². The summed E-state index contributed by atoms with van der Waals surface area (Å²) >= 11 is 0. The number of amides is 1. The molecule has 0 saturated heterocycles. The van der Waals surface area contributed by atoms with E-state index in [9.17, 15) is 9.59 Å². The molecule has 0 bridgehead atoms. The standard InChI is InChI=1S/C18H26N2O4/c1-2-23-17-15(11-8-12-19-17)18(22)24-13-16(21)20-14-9-6-4-3-5-7-10-14/h8,11-12,14H,2-7,9-10,13H2,1H3,(H,20,21). The van der Waals surface area contributed by atoms with Crippen LogP contribution >= 0.6 is 0 Å². The van der Waals surface area contributed by atoms with Gasteiger partial charge in [-0.05, 0) is 31.9 Å². The van der Waals surface area contributed by atoms with Crippen molar-refractivity contribution in [3.05, 3.63) is 23.9 Å². The average molecular weight is 334 g/mol. The molecule has 0 unspecified atom stereocenters. The van der Waals surface area contributed by atoms with Crippen molar-refractivity contribution in [3.63, 3.8) is 0 Å². The van der Waals surface area contributed by atoms with Gasteiger partial charge in [0.1, 0.15) is 5.56 Å². The van der Waals surface area contributed by atoms with Gasteiger partial charge in [0.15, 0.2) is 6.61 Å². The minimum atomic E-state index is -0.598. The van der Waals surface area contributed by atoms with Crippen LogP contribution in [0.25, 0.3) is 0 Å². The number of rotatable bonds is 6. The van der Waals surface area contributed by atoms with Gasteiger partial charge in [-0.1, -0.05) is 32.1 Å². The highest BCUT2D eigenvalue weighted by atomic mass is 16.5. The molecule has 1 N–H and O–H groups in total. The molecule has 1 amide bonds. The van der Waals surface area contributed by atoms with Crippen LogP contribution in [0.15, 0.2) is 18.3 Å². The van der Waals surface area contributed by atoms with Crippen LogP contribution in [0.3, 0.4) is 0 Å². The van der Waals surface area contributed by atoms with Crippen molar-refractivity contribution in [2.45, 2.75) is 57.9 Å². The van der Waals surface area contributed by atoms with Gasteiger partial charge in [-0.25, -0.2) is 9.78 Å². The van der Waals surface area contributed by atoms with E-state index in [1.54, 1.807) is 18.3 Å². The van der Waals surface area contributed by atoms with Crippen LogP contribution in [0, 0.1) is 0 Å². The fraction of sp³-hybridized carbons (Fsp3) is 0.611. The molecule has 0 spiro atoms. The fourth-order valence-electron chi connectivity index (χ4n) is 2.88. The van der Waals surface area contributed by atoms with Crippen LogP contribution in [-0.2, 0) is 9.53 Å². The Hall–Kier alpha value is -2.11. The summed E-state index contributed by atoms with van der Waals surface area (Å²) in [7, 11) is 0. The second-order valence-corrected chi connectivity index (χ2v) is 5.97. The van der Waals surface area contributed by atoms with Gasteiger partial charge in [0.2, 0.25) is 5.88 Å². The van der Waals surface area contributed by atoms with Gasteiger partial charge in [0.05, 0.1) is 6.61 Å². The molecule has 0 radical (unpaired) electrons. The minimum absolute atomic E-state index is 0.189. The summed E-state index contributed by atoms with van der Waals surface area (Å²) in [6.45, 7) is 1.93. The lowest BCUT2D eigenvalue weighted by Gasteiger charge is -2.20. The first-order valence-electron chi connectivity index (χ1n) is 8.75. The number of ether oxygens (including phenoxy) is 2. The molecule has 0 atom stereocenters. The molecule has 1 aromatic heterocycles. The van der Waals surface area contributed by atoms with Gasteiger partial charge in [-0.3, -0.25) is 4.79 Å². The Kier molecular flexibility index (Phi) is 7.52. The number of nitrogens with zero attached hydrogens (tertiary/aromatic N) is 1. The SMILES string of the molecule is CCOc1ncccc1C(=O)OCC(=O)NC1CCCCCCC1. The molecule has 6 heteroatoms. The maximum absolute atomic E-state index is 12.1. The van der Waals surface area contributed by atoms with Gasteiger partial charge in [0, 0.05) is 12.2 Å². The van der Waals surface area contributed by atoms with Crippen LogP contribution in [0.1, 0.15) is 62.2 Å². The lowest BCUT2D eigenvalue weighted by Crippen LogP contribution is -2.38. The predicted octanol–water partition coefficient (Wildman–Crippen LogP) is 2.87. The van der Waals surface area contributed by atoms with Crippen LogP contribution in [0.2, 0.25) is 0 Å². The van der Waals surface area contributed by atoms with Crippen molar-refractivity contribution in [3.8, 4) is 5.88 Å². The third-order valence-electron chi connectivity index (χ3n) is 4.08. The molecule has 0 aromatic carbocycles. The van der Waals surface area contributed by atoms with E-state index in [4.69, 9.17) is 9.47 Å². The van der Waals surface area contributed by atoms with Gasteiger partial charge >= 0.3 is 5.97 Å². The Bertz CT molecular complexity index is 540.